The summed E-state index contributed by atoms with van der Waals surface area (Å²) < 4.78 is 2.08. The molecule has 142 valence electrons. The van der Waals surface area contributed by atoms with Crippen molar-refractivity contribution in [2.24, 2.45) is 4.99 Å². The monoisotopic (exact) mass is 364 g/mol. The van der Waals surface area contributed by atoms with Gasteiger partial charge in [0, 0.05) is 36.8 Å². The molecule has 2 rings (SSSR count). The van der Waals surface area contributed by atoms with E-state index in [4.69, 9.17) is 0 Å². The molecule has 0 aliphatic heterocycles. The first-order valence-electron chi connectivity index (χ1n) is 9.19. The second-order valence-corrected chi connectivity index (χ2v) is 6.57. The van der Waals surface area contributed by atoms with Crippen LogP contribution in [0.4, 0.5) is 5.69 Å². The maximum Gasteiger partial charge on any atom is 0.134 e. The molecule has 0 aliphatic carbocycles. The van der Waals surface area contributed by atoms with Crippen molar-refractivity contribution in [1.82, 2.24) is 9.55 Å². The quantitative estimate of drug-likeness (QED) is 0.617. The minimum atomic E-state index is 0.125. The molecule has 5 heteroatoms. The van der Waals surface area contributed by atoms with E-state index >= 15 is 0 Å². The Bertz CT molecular complexity index is 832. The first-order chi connectivity index (χ1) is 13.0. The minimum Gasteiger partial charge on any atom is -0.341 e. The van der Waals surface area contributed by atoms with Crippen LogP contribution in [0.25, 0.3) is 0 Å². The molecule has 0 amide bonds. The molecule has 0 saturated carbocycles. The number of ketones is 1. The fraction of sp³-hybridized carbons (Fsp3) is 0.318. The maximum absolute atomic E-state index is 11.4. The van der Waals surface area contributed by atoms with E-state index in [-0.39, 0.29) is 5.78 Å². The normalized spacial score (nSPS) is 12.1. The number of carbonyl (C=O) groups is 1. The number of aromatic nitrogens is 2. The smallest absolute Gasteiger partial charge is 0.134 e. The molecule has 1 N–H and O–H groups in total. The Hall–Kier alpha value is -2.95. The summed E-state index contributed by atoms with van der Waals surface area (Å²) in [4.78, 5) is 19.9. The largest absolute Gasteiger partial charge is 0.341 e. The van der Waals surface area contributed by atoms with Crippen LogP contribution in [0.2, 0.25) is 0 Å². The number of Topliss-reactive ketones (excluding diaryl/α,β-unsaturated/α-hetero) is 1. The standard InChI is InChI=1S/C22H28N4O/c1-5-21(14-17(2)27)18(3)24-19(4)25-22-10-6-8-20(15-22)9-7-12-26-13-11-23-16-26/h5-6,8,10-11,13,15-16,25H,4,7,9,12,14H2,1-3H3/b21-5-,24-18-. The van der Waals surface area contributed by atoms with E-state index in [1.165, 1.54) is 5.56 Å². The van der Waals surface area contributed by atoms with Gasteiger partial charge in [0.05, 0.1) is 6.33 Å². The van der Waals surface area contributed by atoms with Crippen molar-refractivity contribution in [2.75, 3.05) is 5.32 Å². The summed E-state index contributed by atoms with van der Waals surface area (Å²) in [5.74, 6) is 0.686. The molecule has 0 spiro atoms. The number of imidazole rings is 1. The van der Waals surface area contributed by atoms with Gasteiger partial charge < -0.3 is 9.88 Å². The highest BCUT2D eigenvalue weighted by atomic mass is 16.1. The number of benzene rings is 1. The van der Waals surface area contributed by atoms with Crippen molar-refractivity contribution in [3.63, 3.8) is 0 Å². The third kappa shape index (κ3) is 7.05. The molecule has 1 aromatic carbocycles. The SMILES string of the molecule is C=C(/N=C(C)\C(=C/C)CC(C)=O)Nc1cccc(CCCn2ccnc2)c1. The zero-order valence-electron chi connectivity index (χ0n) is 16.4. The number of carbonyl (C=O) groups excluding carboxylic acids is 1. The lowest BCUT2D eigenvalue weighted by Gasteiger charge is -2.10. The average molecular weight is 364 g/mol. The molecule has 0 bridgehead atoms. The van der Waals surface area contributed by atoms with Crippen LogP contribution < -0.4 is 5.32 Å². The lowest BCUT2D eigenvalue weighted by atomic mass is 10.1. The molecule has 5 nitrogen and oxygen atoms in total. The lowest BCUT2D eigenvalue weighted by molar-refractivity contribution is -0.116. The fourth-order valence-electron chi connectivity index (χ4n) is 2.87. The van der Waals surface area contributed by atoms with Gasteiger partial charge in [-0.3, -0.25) is 4.79 Å². The summed E-state index contributed by atoms with van der Waals surface area (Å²) in [5, 5.41) is 3.24. The van der Waals surface area contributed by atoms with Crippen molar-refractivity contribution in [1.29, 1.82) is 0 Å². The second kappa shape index (κ2) is 10.3. The lowest BCUT2D eigenvalue weighted by Crippen LogP contribution is -2.05. The molecule has 0 radical (unpaired) electrons. The van der Waals surface area contributed by atoms with Crippen molar-refractivity contribution in [3.8, 4) is 0 Å². The van der Waals surface area contributed by atoms with Crippen molar-refractivity contribution >= 4 is 17.2 Å². The van der Waals surface area contributed by atoms with Crippen LogP contribution in [-0.2, 0) is 17.8 Å². The van der Waals surface area contributed by atoms with E-state index < -0.39 is 0 Å². The molecule has 2 aromatic rings. The number of hydrogen-bond donors (Lipinski definition) is 1. The van der Waals surface area contributed by atoms with Gasteiger partial charge in [0.15, 0.2) is 0 Å². The van der Waals surface area contributed by atoms with Gasteiger partial charge in [-0.15, -0.1) is 0 Å². The van der Waals surface area contributed by atoms with Gasteiger partial charge in [-0.05, 0) is 56.9 Å². The molecule has 0 aliphatic rings. The first-order valence-corrected chi connectivity index (χ1v) is 9.19. The Morgan fingerprint density at radius 2 is 2.19 bits per heavy atom. The van der Waals surface area contributed by atoms with Gasteiger partial charge in [0.2, 0.25) is 0 Å². The first kappa shape index (κ1) is 20.4. The van der Waals surface area contributed by atoms with Crippen LogP contribution in [-0.4, -0.2) is 21.0 Å². The van der Waals surface area contributed by atoms with Crippen LogP contribution in [0.15, 0.2) is 72.0 Å². The number of anilines is 1. The number of aryl methyl sites for hydroxylation is 2. The maximum atomic E-state index is 11.4. The minimum absolute atomic E-state index is 0.125. The molecule has 0 saturated heterocycles. The third-order valence-electron chi connectivity index (χ3n) is 4.21. The molecule has 1 aromatic heterocycles. The van der Waals surface area contributed by atoms with E-state index in [2.05, 4.69) is 38.6 Å². The van der Waals surface area contributed by atoms with Crippen LogP contribution in [0.5, 0.6) is 0 Å². The summed E-state index contributed by atoms with van der Waals surface area (Å²) >= 11 is 0. The Labute approximate surface area is 161 Å². The van der Waals surface area contributed by atoms with Gasteiger partial charge in [0.25, 0.3) is 0 Å². The highest BCUT2D eigenvalue weighted by molar-refractivity contribution is 6.02. The summed E-state index contributed by atoms with van der Waals surface area (Å²) in [6.45, 7) is 10.3. The fourth-order valence-corrected chi connectivity index (χ4v) is 2.87. The van der Waals surface area contributed by atoms with E-state index in [1.54, 1.807) is 13.1 Å². The number of rotatable bonds is 10. The Morgan fingerprint density at radius 1 is 1.37 bits per heavy atom. The Balaban J connectivity index is 1.93. The Morgan fingerprint density at radius 3 is 2.85 bits per heavy atom. The number of nitrogens with zero attached hydrogens (tertiary/aromatic N) is 3. The van der Waals surface area contributed by atoms with Gasteiger partial charge in [-0.2, -0.15) is 0 Å². The average Bonchev–Trinajstić information content (AvgIpc) is 3.13. The van der Waals surface area contributed by atoms with Gasteiger partial charge in [-0.25, -0.2) is 9.98 Å². The van der Waals surface area contributed by atoms with Gasteiger partial charge in [0.1, 0.15) is 11.6 Å². The van der Waals surface area contributed by atoms with Gasteiger partial charge in [-0.1, -0.05) is 24.8 Å². The van der Waals surface area contributed by atoms with Crippen LogP contribution in [0.3, 0.4) is 0 Å². The highest BCUT2D eigenvalue weighted by Crippen LogP contribution is 2.16. The van der Waals surface area contributed by atoms with Crippen molar-refractivity contribution in [3.05, 3.63) is 72.6 Å². The molecule has 0 fully saturated rings. The molecular formula is C22H28N4O. The molecule has 27 heavy (non-hydrogen) atoms. The van der Waals surface area contributed by atoms with Crippen molar-refractivity contribution < 1.29 is 4.79 Å². The van der Waals surface area contributed by atoms with E-state index in [0.29, 0.717) is 12.2 Å². The number of nitrogens with one attached hydrogen (secondary N) is 1. The number of aliphatic imine (C=N–C) groups is 1. The second-order valence-electron chi connectivity index (χ2n) is 6.57. The molecule has 1 heterocycles. The van der Waals surface area contributed by atoms with E-state index in [1.807, 2.05) is 44.6 Å². The topological polar surface area (TPSA) is 59.3 Å². The predicted molar refractivity (Wildman–Crippen MR) is 112 cm³/mol. The van der Waals surface area contributed by atoms with Gasteiger partial charge >= 0.3 is 0 Å². The molecule has 0 unspecified atom stereocenters. The van der Waals surface area contributed by atoms with Crippen LogP contribution >= 0.6 is 0 Å². The predicted octanol–water partition coefficient (Wildman–Crippen LogP) is 4.79. The third-order valence-corrected chi connectivity index (χ3v) is 4.21. The number of hydrogen-bond acceptors (Lipinski definition) is 4. The van der Waals surface area contributed by atoms with Crippen LogP contribution in [0.1, 0.15) is 39.2 Å². The highest BCUT2D eigenvalue weighted by Gasteiger charge is 2.05. The Kier molecular flexibility index (Phi) is 7.74. The summed E-state index contributed by atoms with van der Waals surface area (Å²) in [7, 11) is 0. The zero-order valence-corrected chi connectivity index (χ0v) is 16.4. The summed E-state index contributed by atoms with van der Waals surface area (Å²) in [5.41, 5.74) is 3.96. The number of allylic oxidation sites excluding steroid dienone is 2. The van der Waals surface area contributed by atoms with Crippen molar-refractivity contribution in [2.45, 2.75) is 46.6 Å². The summed E-state index contributed by atoms with van der Waals surface area (Å²) in [6, 6.07) is 8.28. The summed E-state index contributed by atoms with van der Waals surface area (Å²) in [6.07, 6.45) is 9.98. The van der Waals surface area contributed by atoms with E-state index in [0.717, 1.165) is 36.4 Å². The molecular weight excluding hydrogens is 336 g/mol. The van der Waals surface area contributed by atoms with E-state index in [9.17, 15) is 4.79 Å². The molecule has 0 atom stereocenters. The zero-order chi connectivity index (χ0) is 19.6. The van der Waals surface area contributed by atoms with Crippen LogP contribution in [0, 0.1) is 0 Å².